The predicted octanol–water partition coefficient (Wildman–Crippen LogP) is 3.89. The molecule has 1 N–H and O–H groups in total. The van der Waals surface area contributed by atoms with Crippen LogP contribution in [-0.2, 0) is 4.79 Å². The van der Waals surface area contributed by atoms with Gasteiger partial charge in [0.05, 0.1) is 11.7 Å². The molecule has 0 unspecified atom stereocenters. The molecule has 0 saturated carbocycles. The lowest BCUT2D eigenvalue weighted by Gasteiger charge is -2.18. The monoisotopic (exact) mass is 347 g/mol. The van der Waals surface area contributed by atoms with Crippen LogP contribution in [0.25, 0.3) is 16.7 Å². The Bertz CT molecular complexity index is 1050. The van der Waals surface area contributed by atoms with Crippen molar-refractivity contribution in [1.82, 2.24) is 14.8 Å². The fraction of sp³-hybridized carbons (Fsp3) is 0.300. The van der Waals surface area contributed by atoms with E-state index in [1.807, 2.05) is 58.9 Å². The first-order chi connectivity index (χ1) is 12.2. The Morgan fingerprint density at radius 1 is 1.23 bits per heavy atom. The maximum absolute atomic E-state index is 12.4. The molecule has 6 heteroatoms. The van der Waals surface area contributed by atoms with Crippen LogP contribution in [0.3, 0.4) is 0 Å². The molecule has 0 aliphatic carbocycles. The maximum atomic E-state index is 12.4. The summed E-state index contributed by atoms with van der Waals surface area (Å²) in [5.41, 5.74) is 2.69. The second-order valence-corrected chi connectivity index (χ2v) is 7.40. The highest BCUT2D eigenvalue weighted by Gasteiger charge is 2.25. The van der Waals surface area contributed by atoms with Gasteiger partial charge in [0.15, 0.2) is 11.6 Å². The summed E-state index contributed by atoms with van der Waals surface area (Å²) in [6.07, 6.45) is 1.44. The molecule has 0 bridgehead atoms. The molecule has 0 saturated heterocycles. The SMILES string of the molecule is Cc1cc(-n2ncc(C#N)c2NC(=O)C(C)(C)C)nc2c(C)cccc12. The molecule has 2 aromatic heterocycles. The van der Waals surface area contributed by atoms with Crippen LogP contribution < -0.4 is 5.32 Å². The molecule has 0 radical (unpaired) electrons. The van der Waals surface area contributed by atoms with Gasteiger partial charge in [0.2, 0.25) is 5.91 Å². The van der Waals surface area contributed by atoms with E-state index < -0.39 is 5.41 Å². The number of hydrogen-bond donors (Lipinski definition) is 1. The van der Waals surface area contributed by atoms with Gasteiger partial charge in [-0.1, -0.05) is 39.0 Å². The summed E-state index contributed by atoms with van der Waals surface area (Å²) in [7, 11) is 0. The summed E-state index contributed by atoms with van der Waals surface area (Å²) in [4.78, 5) is 17.2. The summed E-state index contributed by atoms with van der Waals surface area (Å²) in [5.74, 6) is 0.715. The number of nitrogens with zero attached hydrogens (tertiary/aromatic N) is 4. The standard InChI is InChI=1S/C20H21N5O/c1-12-7-6-8-15-13(2)9-16(23-17(12)15)25-18(14(10-21)11-22-25)24-19(26)20(3,4)5/h6-9,11H,1-5H3,(H,24,26). The summed E-state index contributed by atoms with van der Waals surface area (Å²) < 4.78 is 1.51. The third-order valence-electron chi connectivity index (χ3n) is 4.25. The fourth-order valence-electron chi connectivity index (χ4n) is 2.67. The van der Waals surface area contributed by atoms with Crippen molar-refractivity contribution in [2.45, 2.75) is 34.6 Å². The average Bonchev–Trinajstić information content (AvgIpc) is 2.97. The second kappa shape index (κ2) is 6.26. The predicted molar refractivity (Wildman–Crippen MR) is 101 cm³/mol. The normalized spacial score (nSPS) is 11.4. The first-order valence-corrected chi connectivity index (χ1v) is 8.39. The van der Waals surface area contributed by atoms with Crippen molar-refractivity contribution in [2.75, 3.05) is 5.32 Å². The maximum Gasteiger partial charge on any atom is 0.230 e. The average molecular weight is 347 g/mol. The van der Waals surface area contributed by atoms with Crippen molar-refractivity contribution in [1.29, 1.82) is 5.26 Å². The van der Waals surface area contributed by atoms with Gasteiger partial charge in [-0.25, -0.2) is 4.98 Å². The number of fused-ring (bicyclic) bond motifs is 1. The van der Waals surface area contributed by atoms with Gasteiger partial charge in [-0.05, 0) is 31.0 Å². The Hall–Kier alpha value is -3.20. The number of nitriles is 1. The summed E-state index contributed by atoms with van der Waals surface area (Å²) >= 11 is 0. The molecule has 0 spiro atoms. The molecule has 0 fully saturated rings. The van der Waals surface area contributed by atoms with Crippen LogP contribution in [0, 0.1) is 30.6 Å². The number of aromatic nitrogens is 3. The number of benzene rings is 1. The third-order valence-corrected chi connectivity index (χ3v) is 4.25. The Morgan fingerprint density at radius 2 is 1.96 bits per heavy atom. The largest absolute Gasteiger partial charge is 0.309 e. The van der Waals surface area contributed by atoms with Gasteiger partial charge in [-0.2, -0.15) is 15.0 Å². The fourth-order valence-corrected chi connectivity index (χ4v) is 2.67. The topological polar surface area (TPSA) is 83.6 Å². The Labute approximate surface area is 152 Å². The molecule has 6 nitrogen and oxygen atoms in total. The van der Waals surface area contributed by atoms with Crippen molar-refractivity contribution in [3.8, 4) is 11.9 Å². The summed E-state index contributed by atoms with van der Waals surface area (Å²) in [5, 5.41) is 17.6. The number of amides is 1. The van der Waals surface area contributed by atoms with Crippen molar-refractivity contribution in [2.24, 2.45) is 5.41 Å². The van der Waals surface area contributed by atoms with Crippen LogP contribution >= 0.6 is 0 Å². The summed E-state index contributed by atoms with van der Waals surface area (Å²) in [6.45, 7) is 9.46. The van der Waals surface area contributed by atoms with Crippen LogP contribution in [0.15, 0.2) is 30.5 Å². The molecule has 1 aromatic carbocycles. The Morgan fingerprint density at radius 3 is 2.62 bits per heavy atom. The molecular formula is C20H21N5O. The number of hydrogen-bond acceptors (Lipinski definition) is 4. The molecule has 3 rings (SSSR count). The van der Waals surface area contributed by atoms with E-state index in [2.05, 4.69) is 16.5 Å². The van der Waals surface area contributed by atoms with Crippen LogP contribution in [0.1, 0.15) is 37.5 Å². The number of pyridine rings is 1. The van der Waals surface area contributed by atoms with Gasteiger partial charge in [0.1, 0.15) is 11.6 Å². The number of rotatable bonds is 2. The van der Waals surface area contributed by atoms with E-state index in [0.29, 0.717) is 17.2 Å². The minimum Gasteiger partial charge on any atom is -0.309 e. The van der Waals surface area contributed by atoms with E-state index >= 15 is 0 Å². The zero-order chi connectivity index (χ0) is 19.1. The lowest BCUT2D eigenvalue weighted by atomic mass is 9.96. The van der Waals surface area contributed by atoms with Gasteiger partial charge in [-0.3, -0.25) is 4.79 Å². The zero-order valence-corrected chi connectivity index (χ0v) is 15.6. The number of carbonyl (C=O) groups is 1. The number of aryl methyl sites for hydroxylation is 2. The molecule has 0 atom stereocenters. The molecule has 3 aromatic rings. The zero-order valence-electron chi connectivity index (χ0n) is 15.6. The molecular weight excluding hydrogens is 326 g/mol. The first-order valence-electron chi connectivity index (χ1n) is 8.39. The van der Waals surface area contributed by atoms with Gasteiger partial charge in [0.25, 0.3) is 0 Å². The second-order valence-electron chi connectivity index (χ2n) is 7.40. The van der Waals surface area contributed by atoms with E-state index in [1.165, 1.54) is 10.9 Å². The van der Waals surface area contributed by atoms with Crippen molar-refractivity contribution >= 4 is 22.6 Å². The van der Waals surface area contributed by atoms with E-state index in [0.717, 1.165) is 22.0 Å². The highest BCUT2D eigenvalue weighted by Crippen LogP contribution is 2.26. The van der Waals surface area contributed by atoms with Crippen molar-refractivity contribution in [3.05, 3.63) is 47.2 Å². The van der Waals surface area contributed by atoms with Gasteiger partial charge in [-0.15, -0.1) is 0 Å². The molecule has 2 heterocycles. The smallest absolute Gasteiger partial charge is 0.230 e. The number of anilines is 1. The lowest BCUT2D eigenvalue weighted by Crippen LogP contribution is -2.29. The number of para-hydroxylation sites is 1. The molecule has 1 amide bonds. The van der Waals surface area contributed by atoms with Crippen LogP contribution in [0.2, 0.25) is 0 Å². The van der Waals surface area contributed by atoms with Gasteiger partial charge in [0, 0.05) is 10.8 Å². The molecule has 132 valence electrons. The number of nitrogens with one attached hydrogen (secondary N) is 1. The Kier molecular flexibility index (Phi) is 4.25. The minimum absolute atomic E-state index is 0.190. The van der Waals surface area contributed by atoms with Crippen molar-refractivity contribution < 1.29 is 4.79 Å². The summed E-state index contributed by atoms with van der Waals surface area (Å²) in [6, 6.07) is 10.0. The van der Waals surface area contributed by atoms with Gasteiger partial charge < -0.3 is 5.32 Å². The molecule has 26 heavy (non-hydrogen) atoms. The third kappa shape index (κ3) is 3.04. The van der Waals surface area contributed by atoms with E-state index in [9.17, 15) is 10.1 Å². The van der Waals surface area contributed by atoms with E-state index in [1.54, 1.807) is 0 Å². The first kappa shape index (κ1) is 17.6. The van der Waals surface area contributed by atoms with Gasteiger partial charge >= 0.3 is 0 Å². The highest BCUT2D eigenvalue weighted by atomic mass is 16.2. The van der Waals surface area contributed by atoms with Crippen LogP contribution in [-0.4, -0.2) is 20.7 Å². The highest BCUT2D eigenvalue weighted by molar-refractivity contribution is 5.95. The molecule has 0 aliphatic rings. The van der Waals surface area contributed by atoms with Crippen molar-refractivity contribution in [3.63, 3.8) is 0 Å². The molecule has 0 aliphatic heterocycles. The van der Waals surface area contributed by atoms with Crippen LogP contribution in [0.5, 0.6) is 0 Å². The lowest BCUT2D eigenvalue weighted by molar-refractivity contribution is -0.123. The van der Waals surface area contributed by atoms with E-state index in [-0.39, 0.29) is 5.91 Å². The number of carbonyl (C=O) groups excluding carboxylic acids is 1. The minimum atomic E-state index is -0.592. The Balaban J connectivity index is 2.18. The van der Waals surface area contributed by atoms with E-state index in [4.69, 9.17) is 4.98 Å². The van der Waals surface area contributed by atoms with Crippen LogP contribution in [0.4, 0.5) is 5.82 Å². The quantitative estimate of drug-likeness (QED) is 0.762.